The molecule has 0 radical (unpaired) electrons. The highest BCUT2D eigenvalue weighted by molar-refractivity contribution is 7.47. The van der Waals surface area contributed by atoms with Gasteiger partial charge < -0.3 is 19.8 Å². The molecule has 8 nitrogen and oxygen atoms in total. The van der Waals surface area contributed by atoms with Gasteiger partial charge in [-0.2, -0.15) is 0 Å². The molecule has 0 aromatic rings. The number of phosphoric ester groups is 1. The number of quaternary nitrogens is 1. The standard InChI is InChI=1S/C47H97N2O6P/c1-6-8-10-12-14-16-17-18-19-20-21-22-23-24-25-26-27-28-29-30-31-33-35-37-39-41-47(51)48-45(44-55-56(52,53)54-43-42-49(3,4)5)46(50)40-38-36-34-32-15-13-11-9-7-2/h45-46,50H,6-44H2,1-5H3,(H-,48,51,52,53)/p+1. The summed E-state index contributed by atoms with van der Waals surface area (Å²) in [5.74, 6) is -0.141. The lowest BCUT2D eigenvalue weighted by Gasteiger charge is -2.26. The van der Waals surface area contributed by atoms with Gasteiger partial charge in [-0.05, 0) is 12.8 Å². The molecule has 3 unspecified atom stereocenters. The van der Waals surface area contributed by atoms with Gasteiger partial charge in [0, 0.05) is 6.42 Å². The topological polar surface area (TPSA) is 105 Å². The Kier molecular flexibility index (Phi) is 39.6. The molecule has 0 rings (SSSR count). The SMILES string of the molecule is CCCCCCCCCCCCCCCCCCCCCCCCCCCC(=O)NC(COP(=O)(O)OCC[N+](C)(C)C)C(O)CCCCCCCCCCC. The third-order valence-electron chi connectivity index (χ3n) is 11.4. The molecule has 0 heterocycles. The molecule has 0 aliphatic carbocycles. The predicted octanol–water partition coefficient (Wildman–Crippen LogP) is 13.8. The van der Waals surface area contributed by atoms with Crippen molar-refractivity contribution < 1.29 is 32.9 Å². The molecule has 56 heavy (non-hydrogen) atoms. The maximum absolute atomic E-state index is 12.9. The van der Waals surface area contributed by atoms with E-state index in [2.05, 4.69) is 19.2 Å². The summed E-state index contributed by atoms with van der Waals surface area (Å²) in [5.41, 5.74) is 0. The second-order valence-electron chi connectivity index (χ2n) is 18.2. The molecular weight excluding hydrogens is 719 g/mol. The van der Waals surface area contributed by atoms with E-state index >= 15 is 0 Å². The molecule has 3 atom stereocenters. The van der Waals surface area contributed by atoms with E-state index in [4.69, 9.17) is 9.05 Å². The summed E-state index contributed by atoms with van der Waals surface area (Å²) in [5, 5.41) is 13.9. The zero-order valence-electron chi connectivity index (χ0n) is 38.2. The Hall–Kier alpha value is -0.500. The summed E-state index contributed by atoms with van der Waals surface area (Å²) >= 11 is 0. The molecule has 0 aliphatic rings. The van der Waals surface area contributed by atoms with Crippen molar-refractivity contribution in [2.45, 2.75) is 257 Å². The Morgan fingerprint density at radius 1 is 0.536 bits per heavy atom. The number of phosphoric acid groups is 1. The van der Waals surface area contributed by atoms with E-state index in [9.17, 15) is 19.4 Å². The first-order chi connectivity index (χ1) is 27.0. The van der Waals surface area contributed by atoms with Gasteiger partial charge in [-0.3, -0.25) is 13.8 Å². The van der Waals surface area contributed by atoms with Gasteiger partial charge in [-0.15, -0.1) is 0 Å². The molecule has 0 saturated carbocycles. The van der Waals surface area contributed by atoms with E-state index in [-0.39, 0.29) is 19.1 Å². The van der Waals surface area contributed by atoms with E-state index < -0.39 is 20.0 Å². The molecule has 336 valence electrons. The van der Waals surface area contributed by atoms with Crippen LogP contribution < -0.4 is 5.32 Å². The predicted molar refractivity (Wildman–Crippen MR) is 240 cm³/mol. The van der Waals surface area contributed by atoms with Crippen LogP contribution in [0, 0.1) is 0 Å². The molecule has 0 spiro atoms. The Bertz CT molecular complexity index is 885. The smallest absolute Gasteiger partial charge is 0.391 e. The number of aliphatic hydroxyl groups is 1. The van der Waals surface area contributed by atoms with Crippen LogP contribution in [-0.2, 0) is 18.4 Å². The summed E-state index contributed by atoms with van der Waals surface area (Å²) in [7, 11) is 1.63. The molecule has 0 aliphatic heterocycles. The minimum Gasteiger partial charge on any atom is -0.391 e. The first-order valence-corrected chi connectivity index (χ1v) is 25.9. The highest BCUT2D eigenvalue weighted by atomic mass is 31.2. The van der Waals surface area contributed by atoms with Crippen LogP contribution in [0.4, 0.5) is 0 Å². The van der Waals surface area contributed by atoms with Gasteiger partial charge in [-0.1, -0.05) is 226 Å². The van der Waals surface area contributed by atoms with Gasteiger partial charge in [0.05, 0.1) is 39.9 Å². The number of hydrogen-bond acceptors (Lipinski definition) is 5. The number of unbranched alkanes of at least 4 members (excludes halogenated alkanes) is 32. The van der Waals surface area contributed by atoms with Gasteiger partial charge in [0.15, 0.2) is 0 Å². The fourth-order valence-corrected chi connectivity index (χ4v) is 8.20. The van der Waals surface area contributed by atoms with Crippen LogP contribution in [0.2, 0.25) is 0 Å². The van der Waals surface area contributed by atoms with Crippen molar-refractivity contribution in [2.24, 2.45) is 0 Å². The van der Waals surface area contributed by atoms with Crippen LogP contribution in [0.1, 0.15) is 245 Å². The van der Waals surface area contributed by atoms with Crippen molar-refractivity contribution in [1.82, 2.24) is 5.32 Å². The zero-order chi connectivity index (χ0) is 41.4. The van der Waals surface area contributed by atoms with Crippen LogP contribution in [0.15, 0.2) is 0 Å². The first-order valence-electron chi connectivity index (χ1n) is 24.4. The normalized spacial score (nSPS) is 14.2. The number of amides is 1. The Morgan fingerprint density at radius 3 is 1.20 bits per heavy atom. The average Bonchev–Trinajstić information content (AvgIpc) is 3.15. The van der Waals surface area contributed by atoms with Gasteiger partial charge in [-0.25, -0.2) is 4.57 Å². The van der Waals surface area contributed by atoms with E-state index in [0.717, 1.165) is 38.5 Å². The van der Waals surface area contributed by atoms with Crippen molar-refractivity contribution in [2.75, 3.05) is 40.9 Å². The van der Waals surface area contributed by atoms with Crippen molar-refractivity contribution in [3.8, 4) is 0 Å². The summed E-state index contributed by atoms with van der Waals surface area (Å²) < 4.78 is 23.6. The third kappa shape index (κ3) is 41.7. The molecule has 0 bridgehead atoms. The minimum absolute atomic E-state index is 0.0783. The number of hydrogen-bond donors (Lipinski definition) is 3. The summed E-state index contributed by atoms with van der Waals surface area (Å²) in [6, 6.07) is -0.752. The van der Waals surface area contributed by atoms with E-state index in [1.807, 2.05) is 21.1 Å². The number of carbonyl (C=O) groups is 1. The largest absolute Gasteiger partial charge is 0.472 e. The van der Waals surface area contributed by atoms with Crippen molar-refractivity contribution in [3.05, 3.63) is 0 Å². The number of nitrogens with zero attached hydrogens (tertiary/aromatic N) is 1. The van der Waals surface area contributed by atoms with Gasteiger partial charge in [0.25, 0.3) is 0 Å². The fourth-order valence-electron chi connectivity index (χ4n) is 7.46. The lowest BCUT2D eigenvalue weighted by Crippen LogP contribution is -2.46. The zero-order valence-corrected chi connectivity index (χ0v) is 39.0. The quantitative estimate of drug-likeness (QED) is 0.0321. The van der Waals surface area contributed by atoms with Crippen LogP contribution >= 0.6 is 7.82 Å². The fraction of sp³-hybridized carbons (Fsp3) is 0.979. The Balaban J connectivity index is 4.03. The molecule has 0 aromatic heterocycles. The molecule has 9 heteroatoms. The lowest BCUT2D eigenvalue weighted by atomic mass is 10.0. The van der Waals surface area contributed by atoms with Gasteiger partial charge in [0.1, 0.15) is 13.2 Å². The van der Waals surface area contributed by atoms with Gasteiger partial charge in [0.2, 0.25) is 5.91 Å². The highest BCUT2D eigenvalue weighted by Gasteiger charge is 2.28. The number of likely N-dealkylation sites (N-methyl/N-ethyl adjacent to an activating group) is 1. The number of carbonyl (C=O) groups excluding carboxylic acids is 1. The molecular formula is C47H98N2O6P+. The van der Waals surface area contributed by atoms with Crippen molar-refractivity contribution >= 4 is 13.7 Å². The van der Waals surface area contributed by atoms with Gasteiger partial charge >= 0.3 is 7.82 Å². The maximum atomic E-state index is 12.9. The second-order valence-corrected chi connectivity index (χ2v) is 19.7. The van der Waals surface area contributed by atoms with Crippen molar-refractivity contribution in [3.63, 3.8) is 0 Å². The molecule has 1 amide bonds. The maximum Gasteiger partial charge on any atom is 0.472 e. The molecule has 0 fully saturated rings. The summed E-state index contributed by atoms with van der Waals surface area (Å²) in [6.45, 7) is 4.89. The van der Waals surface area contributed by atoms with Crippen LogP contribution in [0.5, 0.6) is 0 Å². The van der Waals surface area contributed by atoms with Crippen molar-refractivity contribution in [1.29, 1.82) is 0 Å². The highest BCUT2D eigenvalue weighted by Crippen LogP contribution is 2.43. The third-order valence-corrected chi connectivity index (χ3v) is 12.3. The number of aliphatic hydroxyl groups excluding tert-OH is 1. The molecule has 3 N–H and O–H groups in total. The van der Waals surface area contributed by atoms with Crippen LogP contribution in [-0.4, -0.2) is 73.4 Å². The number of rotatable bonds is 45. The van der Waals surface area contributed by atoms with E-state index in [0.29, 0.717) is 23.9 Å². The van der Waals surface area contributed by atoms with E-state index in [1.54, 1.807) is 0 Å². The Morgan fingerprint density at radius 2 is 0.857 bits per heavy atom. The summed E-state index contributed by atoms with van der Waals surface area (Å²) in [6.07, 6.45) is 44.4. The van der Waals surface area contributed by atoms with Crippen LogP contribution in [0.3, 0.4) is 0 Å². The molecule has 0 aromatic carbocycles. The summed E-state index contributed by atoms with van der Waals surface area (Å²) in [4.78, 5) is 23.1. The second kappa shape index (κ2) is 39.9. The monoisotopic (exact) mass is 818 g/mol. The minimum atomic E-state index is -4.30. The average molecular weight is 818 g/mol. The number of nitrogens with one attached hydrogen (secondary N) is 1. The first kappa shape index (κ1) is 55.5. The Labute approximate surface area is 349 Å². The molecule has 0 saturated heterocycles. The van der Waals surface area contributed by atoms with E-state index in [1.165, 1.54) is 180 Å². The van der Waals surface area contributed by atoms with Crippen LogP contribution in [0.25, 0.3) is 0 Å². The lowest BCUT2D eigenvalue weighted by molar-refractivity contribution is -0.870.